The van der Waals surface area contributed by atoms with Crippen molar-refractivity contribution in [2.24, 2.45) is 0 Å². The van der Waals surface area contributed by atoms with Gasteiger partial charge in [-0.15, -0.1) is 0 Å². The highest BCUT2D eigenvalue weighted by Gasteiger charge is 2.23. The molecule has 2 rings (SSSR count). The molecule has 1 N–H and O–H groups in total. The summed E-state index contributed by atoms with van der Waals surface area (Å²) in [6.07, 6.45) is 4.12. The Bertz CT molecular complexity index is 356. The van der Waals surface area contributed by atoms with Gasteiger partial charge in [0.2, 0.25) is 0 Å². The summed E-state index contributed by atoms with van der Waals surface area (Å²) in [5, 5.41) is 3.26. The fraction of sp³-hybridized carbons (Fsp3) is 0.769. The van der Waals surface area contributed by atoms with Crippen molar-refractivity contribution in [3.63, 3.8) is 0 Å². The lowest BCUT2D eigenvalue weighted by molar-refractivity contribution is 0.246. The number of nitrogens with zero attached hydrogens (tertiary/aromatic N) is 3. The van der Waals surface area contributed by atoms with Gasteiger partial charge in [0.15, 0.2) is 0 Å². The van der Waals surface area contributed by atoms with Crippen molar-refractivity contribution in [2.75, 3.05) is 38.6 Å². The summed E-state index contributed by atoms with van der Waals surface area (Å²) in [6, 6.07) is 1.47. The van der Waals surface area contributed by atoms with E-state index in [2.05, 4.69) is 41.1 Å². The van der Waals surface area contributed by atoms with Gasteiger partial charge in [0.1, 0.15) is 6.26 Å². The zero-order valence-electron chi connectivity index (χ0n) is 11.6. The molecule has 1 aliphatic heterocycles. The molecule has 1 aliphatic rings. The average Bonchev–Trinajstić information content (AvgIpc) is 2.85. The Kier molecular flexibility index (Phi) is 4.60. The molecule has 0 amide bonds. The third-order valence-electron chi connectivity index (χ3n) is 3.56. The smallest absolute Gasteiger partial charge is 0.297 e. The fourth-order valence-corrected chi connectivity index (χ4v) is 2.35. The SMILES string of the molecule is CCNCc1coc(N2CCC(N(C)C)CC2)n1. The summed E-state index contributed by atoms with van der Waals surface area (Å²) in [4.78, 5) is 9.08. The molecule has 0 radical (unpaired) electrons. The van der Waals surface area contributed by atoms with Crippen LogP contribution >= 0.6 is 0 Å². The van der Waals surface area contributed by atoms with Gasteiger partial charge in [0, 0.05) is 25.7 Å². The molecule has 0 unspecified atom stereocenters. The number of nitrogens with one attached hydrogen (secondary N) is 1. The van der Waals surface area contributed by atoms with Gasteiger partial charge < -0.3 is 19.5 Å². The topological polar surface area (TPSA) is 44.5 Å². The maximum Gasteiger partial charge on any atom is 0.297 e. The van der Waals surface area contributed by atoms with E-state index in [9.17, 15) is 0 Å². The number of aromatic nitrogens is 1. The predicted octanol–water partition coefficient (Wildman–Crippen LogP) is 1.31. The highest BCUT2D eigenvalue weighted by molar-refractivity contribution is 5.27. The van der Waals surface area contributed by atoms with E-state index < -0.39 is 0 Å². The number of hydrogen-bond acceptors (Lipinski definition) is 5. The van der Waals surface area contributed by atoms with Crippen LogP contribution in [0, 0.1) is 0 Å². The van der Waals surface area contributed by atoms with E-state index in [0.29, 0.717) is 6.04 Å². The van der Waals surface area contributed by atoms with Crippen molar-refractivity contribution >= 4 is 6.01 Å². The first kappa shape index (κ1) is 13.4. The average molecular weight is 252 g/mol. The summed E-state index contributed by atoms with van der Waals surface area (Å²) < 4.78 is 5.56. The third-order valence-corrected chi connectivity index (χ3v) is 3.56. The number of anilines is 1. The Balaban J connectivity index is 1.87. The highest BCUT2D eigenvalue weighted by Crippen LogP contribution is 2.21. The monoisotopic (exact) mass is 252 g/mol. The van der Waals surface area contributed by atoms with Crippen LogP contribution in [-0.2, 0) is 6.54 Å². The van der Waals surface area contributed by atoms with Crippen LogP contribution < -0.4 is 10.2 Å². The van der Waals surface area contributed by atoms with E-state index in [1.165, 1.54) is 12.8 Å². The standard InChI is InChI=1S/C13H24N4O/c1-4-14-9-11-10-18-13(15-11)17-7-5-12(6-8-17)16(2)3/h10,12,14H,4-9H2,1-3H3. The van der Waals surface area contributed by atoms with Gasteiger partial charge in [0.05, 0.1) is 5.69 Å². The molecule has 18 heavy (non-hydrogen) atoms. The molecule has 1 aromatic rings. The van der Waals surface area contributed by atoms with E-state index in [0.717, 1.165) is 37.9 Å². The number of rotatable bonds is 5. The lowest BCUT2D eigenvalue weighted by Crippen LogP contribution is -2.42. The molecule has 102 valence electrons. The van der Waals surface area contributed by atoms with Crippen LogP contribution in [0.2, 0.25) is 0 Å². The maximum absolute atomic E-state index is 5.56. The quantitative estimate of drug-likeness (QED) is 0.856. The minimum atomic E-state index is 0.692. The van der Waals surface area contributed by atoms with Gasteiger partial charge >= 0.3 is 0 Å². The first-order valence-corrected chi connectivity index (χ1v) is 6.77. The maximum atomic E-state index is 5.56. The molecule has 1 fully saturated rings. The molecule has 0 aromatic carbocycles. The molecular weight excluding hydrogens is 228 g/mol. The molecule has 0 aliphatic carbocycles. The van der Waals surface area contributed by atoms with Gasteiger partial charge in [-0.05, 0) is 33.5 Å². The molecular formula is C13H24N4O. The van der Waals surface area contributed by atoms with Crippen molar-refractivity contribution < 1.29 is 4.42 Å². The summed E-state index contributed by atoms with van der Waals surface area (Å²) in [7, 11) is 4.31. The largest absolute Gasteiger partial charge is 0.432 e. The van der Waals surface area contributed by atoms with Gasteiger partial charge in [-0.2, -0.15) is 4.98 Å². The highest BCUT2D eigenvalue weighted by atomic mass is 16.4. The molecule has 0 atom stereocenters. The van der Waals surface area contributed by atoms with Crippen LogP contribution in [-0.4, -0.2) is 49.7 Å². The number of oxazole rings is 1. The Morgan fingerprint density at radius 1 is 1.44 bits per heavy atom. The summed E-state index contributed by atoms with van der Waals surface area (Å²) in [5.41, 5.74) is 0.988. The molecule has 0 spiro atoms. The first-order chi connectivity index (χ1) is 8.70. The number of piperidine rings is 1. The Labute approximate surface area is 109 Å². The summed E-state index contributed by atoms with van der Waals surface area (Å²) in [6.45, 7) is 5.89. The summed E-state index contributed by atoms with van der Waals surface area (Å²) in [5.74, 6) is 0. The minimum Gasteiger partial charge on any atom is -0.432 e. The van der Waals surface area contributed by atoms with E-state index in [1.807, 2.05) is 0 Å². The van der Waals surface area contributed by atoms with Gasteiger partial charge in [-0.3, -0.25) is 0 Å². The van der Waals surface area contributed by atoms with Gasteiger partial charge in [-0.25, -0.2) is 0 Å². The fourth-order valence-electron chi connectivity index (χ4n) is 2.35. The van der Waals surface area contributed by atoms with Gasteiger partial charge in [0.25, 0.3) is 6.01 Å². The van der Waals surface area contributed by atoms with Crippen molar-refractivity contribution in [3.05, 3.63) is 12.0 Å². The van der Waals surface area contributed by atoms with Crippen LogP contribution in [0.4, 0.5) is 6.01 Å². The molecule has 5 nitrogen and oxygen atoms in total. The minimum absolute atomic E-state index is 0.692. The molecule has 2 heterocycles. The molecule has 0 saturated carbocycles. The van der Waals surface area contributed by atoms with Crippen molar-refractivity contribution in [3.8, 4) is 0 Å². The summed E-state index contributed by atoms with van der Waals surface area (Å²) >= 11 is 0. The van der Waals surface area contributed by atoms with Crippen LogP contribution in [0.5, 0.6) is 0 Å². The second kappa shape index (κ2) is 6.20. The van der Waals surface area contributed by atoms with Crippen LogP contribution in [0.1, 0.15) is 25.5 Å². The van der Waals surface area contributed by atoms with E-state index in [1.54, 1.807) is 6.26 Å². The van der Waals surface area contributed by atoms with E-state index in [-0.39, 0.29) is 0 Å². The van der Waals surface area contributed by atoms with E-state index >= 15 is 0 Å². The van der Waals surface area contributed by atoms with Crippen LogP contribution in [0.25, 0.3) is 0 Å². The lowest BCUT2D eigenvalue weighted by Gasteiger charge is -2.34. The van der Waals surface area contributed by atoms with Crippen molar-refractivity contribution in [2.45, 2.75) is 32.4 Å². The molecule has 1 aromatic heterocycles. The third kappa shape index (κ3) is 3.23. The Morgan fingerprint density at radius 3 is 2.78 bits per heavy atom. The Morgan fingerprint density at radius 2 is 2.17 bits per heavy atom. The lowest BCUT2D eigenvalue weighted by atomic mass is 10.0. The molecule has 5 heteroatoms. The van der Waals surface area contributed by atoms with Crippen LogP contribution in [0.15, 0.2) is 10.7 Å². The normalized spacial score (nSPS) is 17.7. The zero-order chi connectivity index (χ0) is 13.0. The molecule has 1 saturated heterocycles. The second-order valence-electron chi connectivity index (χ2n) is 5.08. The van der Waals surface area contributed by atoms with Gasteiger partial charge in [-0.1, -0.05) is 6.92 Å². The zero-order valence-corrected chi connectivity index (χ0v) is 11.6. The van der Waals surface area contributed by atoms with Crippen molar-refractivity contribution in [1.29, 1.82) is 0 Å². The first-order valence-electron chi connectivity index (χ1n) is 6.77. The number of hydrogen-bond donors (Lipinski definition) is 1. The second-order valence-corrected chi connectivity index (χ2v) is 5.08. The van der Waals surface area contributed by atoms with Crippen molar-refractivity contribution in [1.82, 2.24) is 15.2 Å². The van der Waals surface area contributed by atoms with Crippen LogP contribution in [0.3, 0.4) is 0 Å². The predicted molar refractivity (Wildman–Crippen MR) is 72.8 cm³/mol. The molecule has 0 bridgehead atoms. The van der Waals surface area contributed by atoms with E-state index in [4.69, 9.17) is 4.42 Å². The Hall–Kier alpha value is -1.07.